The van der Waals surface area contributed by atoms with Gasteiger partial charge in [0.05, 0.1) is 18.1 Å². The number of anilines is 2. The molecule has 0 aliphatic rings. The zero-order valence-electron chi connectivity index (χ0n) is 12.8. The van der Waals surface area contributed by atoms with E-state index in [1.807, 2.05) is 6.07 Å². The van der Waals surface area contributed by atoms with Gasteiger partial charge in [0.15, 0.2) is 5.76 Å². The molecule has 1 aromatic carbocycles. The summed E-state index contributed by atoms with van der Waals surface area (Å²) in [6.07, 6.45) is 3.55. The number of halogens is 1. The molecule has 3 rings (SSSR count). The lowest BCUT2D eigenvalue weighted by atomic mass is 10.1. The third-order valence-electron chi connectivity index (χ3n) is 3.42. The van der Waals surface area contributed by atoms with Gasteiger partial charge in [0.25, 0.3) is 5.91 Å². The summed E-state index contributed by atoms with van der Waals surface area (Å²) in [5, 5.41) is 5.81. The van der Waals surface area contributed by atoms with Crippen LogP contribution in [0.4, 0.5) is 15.9 Å². The second kappa shape index (κ2) is 7.41. The van der Waals surface area contributed by atoms with Gasteiger partial charge in [-0.05, 0) is 42.3 Å². The summed E-state index contributed by atoms with van der Waals surface area (Å²) in [6.45, 7) is 0.562. The van der Waals surface area contributed by atoms with Crippen LogP contribution in [-0.2, 0) is 6.42 Å². The summed E-state index contributed by atoms with van der Waals surface area (Å²) < 4.78 is 18.5. The van der Waals surface area contributed by atoms with E-state index in [1.165, 1.54) is 12.3 Å². The number of amides is 1. The van der Waals surface area contributed by atoms with E-state index in [2.05, 4.69) is 15.6 Å². The van der Waals surface area contributed by atoms with E-state index in [0.717, 1.165) is 0 Å². The molecule has 0 saturated carbocycles. The van der Waals surface area contributed by atoms with Crippen molar-refractivity contribution in [3.05, 3.63) is 78.1 Å². The highest BCUT2D eigenvalue weighted by Gasteiger charge is 2.08. The van der Waals surface area contributed by atoms with Crippen LogP contribution in [0, 0.1) is 5.82 Å². The molecule has 2 N–H and O–H groups in total. The fourth-order valence-corrected chi connectivity index (χ4v) is 2.20. The van der Waals surface area contributed by atoms with E-state index in [9.17, 15) is 9.18 Å². The van der Waals surface area contributed by atoms with Crippen LogP contribution in [0.15, 0.2) is 65.4 Å². The number of carbonyl (C=O) groups excluding carboxylic acids is 1. The third-order valence-corrected chi connectivity index (χ3v) is 3.42. The molecule has 0 bridgehead atoms. The molecule has 0 saturated heterocycles. The Bertz CT molecular complexity index is 801. The second-order valence-corrected chi connectivity index (χ2v) is 5.13. The zero-order chi connectivity index (χ0) is 16.8. The molecular weight excluding hydrogens is 309 g/mol. The average molecular weight is 325 g/mol. The largest absolute Gasteiger partial charge is 0.459 e. The molecule has 5 nitrogen and oxygen atoms in total. The summed E-state index contributed by atoms with van der Waals surface area (Å²) in [6, 6.07) is 13.4. The predicted molar refractivity (Wildman–Crippen MR) is 89.5 cm³/mol. The van der Waals surface area contributed by atoms with E-state index in [0.29, 0.717) is 30.0 Å². The Balaban J connectivity index is 1.51. The molecule has 0 spiro atoms. The average Bonchev–Trinajstić information content (AvgIpc) is 3.13. The van der Waals surface area contributed by atoms with E-state index >= 15 is 0 Å². The van der Waals surface area contributed by atoms with Crippen LogP contribution in [0.5, 0.6) is 0 Å². The Morgan fingerprint density at radius 2 is 2.00 bits per heavy atom. The molecule has 2 heterocycles. The van der Waals surface area contributed by atoms with Crippen LogP contribution in [0.1, 0.15) is 16.1 Å². The Morgan fingerprint density at radius 1 is 1.12 bits per heavy atom. The lowest BCUT2D eigenvalue weighted by Gasteiger charge is -2.08. The summed E-state index contributed by atoms with van der Waals surface area (Å²) in [4.78, 5) is 16.1. The Morgan fingerprint density at radius 3 is 2.71 bits per heavy atom. The first-order valence-corrected chi connectivity index (χ1v) is 7.50. The molecule has 24 heavy (non-hydrogen) atoms. The smallest absolute Gasteiger partial charge is 0.291 e. The normalized spacial score (nSPS) is 10.4. The number of hydrogen-bond donors (Lipinski definition) is 2. The highest BCUT2D eigenvalue weighted by molar-refractivity contribution is 6.02. The Labute approximate surface area is 138 Å². The number of pyridine rings is 1. The van der Waals surface area contributed by atoms with Gasteiger partial charge in [0.1, 0.15) is 11.6 Å². The molecule has 0 aliphatic carbocycles. The molecule has 1 amide bonds. The van der Waals surface area contributed by atoms with Crippen molar-refractivity contribution in [3.63, 3.8) is 0 Å². The zero-order valence-corrected chi connectivity index (χ0v) is 12.8. The molecule has 2 aromatic heterocycles. The van der Waals surface area contributed by atoms with E-state index in [1.54, 1.807) is 42.6 Å². The standard InChI is InChI=1S/C18H16FN3O2/c19-15-5-2-1-4-13(15)9-10-20-17-8-7-14(12-21-17)22-18(23)16-6-3-11-24-16/h1-8,11-12H,9-10H2,(H,20,21)(H,22,23). The fraction of sp³-hybridized carbons (Fsp3) is 0.111. The first-order chi connectivity index (χ1) is 11.7. The van der Waals surface area contributed by atoms with Crippen LogP contribution in [0.25, 0.3) is 0 Å². The van der Waals surface area contributed by atoms with Crippen molar-refractivity contribution in [2.24, 2.45) is 0 Å². The van der Waals surface area contributed by atoms with E-state index in [-0.39, 0.29) is 17.5 Å². The molecule has 0 fully saturated rings. The van der Waals surface area contributed by atoms with Crippen LogP contribution in [0.3, 0.4) is 0 Å². The SMILES string of the molecule is O=C(Nc1ccc(NCCc2ccccc2F)nc1)c1ccco1. The van der Waals surface area contributed by atoms with Gasteiger partial charge in [-0.3, -0.25) is 4.79 Å². The lowest BCUT2D eigenvalue weighted by molar-refractivity contribution is 0.0996. The molecular formula is C18H16FN3O2. The minimum atomic E-state index is -0.331. The van der Waals surface area contributed by atoms with Gasteiger partial charge in [-0.1, -0.05) is 18.2 Å². The van der Waals surface area contributed by atoms with Crippen molar-refractivity contribution in [1.29, 1.82) is 0 Å². The van der Waals surface area contributed by atoms with Gasteiger partial charge in [0.2, 0.25) is 0 Å². The molecule has 0 radical (unpaired) electrons. The quantitative estimate of drug-likeness (QED) is 0.725. The topological polar surface area (TPSA) is 67.2 Å². The van der Waals surface area contributed by atoms with Crippen LogP contribution in [0.2, 0.25) is 0 Å². The monoisotopic (exact) mass is 325 g/mol. The highest BCUT2D eigenvalue weighted by atomic mass is 19.1. The van der Waals surface area contributed by atoms with Gasteiger partial charge in [-0.25, -0.2) is 9.37 Å². The van der Waals surface area contributed by atoms with Crippen LogP contribution < -0.4 is 10.6 Å². The van der Waals surface area contributed by atoms with Crippen molar-refractivity contribution >= 4 is 17.4 Å². The molecule has 0 atom stereocenters. The fourth-order valence-electron chi connectivity index (χ4n) is 2.20. The molecule has 6 heteroatoms. The third kappa shape index (κ3) is 3.98. The number of nitrogens with zero attached hydrogens (tertiary/aromatic N) is 1. The Hall–Kier alpha value is -3.15. The number of nitrogens with one attached hydrogen (secondary N) is 2. The summed E-state index contributed by atoms with van der Waals surface area (Å²) >= 11 is 0. The first-order valence-electron chi connectivity index (χ1n) is 7.50. The Kier molecular flexibility index (Phi) is 4.86. The van der Waals surface area contributed by atoms with Gasteiger partial charge in [-0.15, -0.1) is 0 Å². The number of hydrogen-bond acceptors (Lipinski definition) is 4. The highest BCUT2D eigenvalue weighted by Crippen LogP contribution is 2.12. The van der Waals surface area contributed by atoms with Gasteiger partial charge < -0.3 is 15.1 Å². The van der Waals surface area contributed by atoms with Gasteiger partial charge in [0, 0.05) is 6.54 Å². The summed E-state index contributed by atoms with van der Waals surface area (Å²) in [5.74, 6) is 0.356. The minimum absolute atomic E-state index is 0.205. The summed E-state index contributed by atoms with van der Waals surface area (Å²) in [7, 11) is 0. The maximum absolute atomic E-state index is 13.5. The van der Waals surface area contributed by atoms with E-state index in [4.69, 9.17) is 4.42 Å². The molecule has 122 valence electrons. The minimum Gasteiger partial charge on any atom is -0.459 e. The second-order valence-electron chi connectivity index (χ2n) is 5.13. The number of aromatic nitrogens is 1. The maximum atomic E-state index is 13.5. The first kappa shape index (κ1) is 15.7. The van der Waals surface area contributed by atoms with Crippen molar-refractivity contribution < 1.29 is 13.6 Å². The van der Waals surface area contributed by atoms with Gasteiger partial charge >= 0.3 is 0 Å². The lowest BCUT2D eigenvalue weighted by Crippen LogP contribution is -2.11. The number of rotatable bonds is 6. The van der Waals surface area contributed by atoms with Crippen molar-refractivity contribution in [3.8, 4) is 0 Å². The van der Waals surface area contributed by atoms with Crippen LogP contribution in [-0.4, -0.2) is 17.4 Å². The molecule has 0 unspecified atom stereocenters. The maximum Gasteiger partial charge on any atom is 0.291 e. The van der Waals surface area contributed by atoms with Crippen LogP contribution >= 0.6 is 0 Å². The number of carbonyl (C=O) groups is 1. The number of furan rings is 1. The molecule has 0 aliphatic heterocycles. The van der Waals surface area contributed by atoms with E-state index < -0.39 is 0 Å². The number of benzene rings is 1. The molecule has 3 aromatic rings. The van der Waals surface area contributed by atoms with Crippen molar-refractivity contribution in [2.45, 2.75) is 6.42 Å². The van der Waals surface area contributed by atoms with Gasteiger partial charge in [-0.2, -0.15) is 0 Å². The van der Waals surface area contributed by atoms with Crippen molar-refractivity contribution in [1.82, 2.24) is 4.98 Å². The predicted octanol–water partition coefficient (Wildman–Crippen LogP) is 3.72. The summed E-state index contributed by atoms with van der Waals surface area (Å²) in [5.41, 5.74) is 1.23. The van der Waals surface area contributed by atoms with Crippen molar-refractivity contribution in [2.75, 3.05) is 17.2 Å².